The van der Waals surface area contributed by atoms with E-state index >= 15 is 0 Å². The van der Waals surface area contributed by atoms with E-state index in [1.165, 1.54) is 16.2 Å². The highest BCUT2D eigenvalue weighted by Crippen LogP contribution is 2.44. The monoisotopic (exact) mass is 265 g/mol. The van der Waals surface area contributed by atoms with Crippen LogP contribution in [-0.4, -0.2) is 15.0 Å². The van der Waals surface area contributed by atoms with Crippen LogP contribution in [0.4, 0.5) is 5.69 Å². The first-order chi connectivity index (χ1) is 8.22. The van der Waals surface area contributed by atoms with Crippen molar-refractivity contribution < 1.29 is 0 Å². The SMILES string of the molecule is C[C@H]1CC(Nc2cnn(C)c2)c2ccsc2S1. The lowest BCUT2D eigenvalue weighted by molar-refractivity contribution is 0.669. The van der Waals surface area contributed by atoms with E-state index in [1.54, 1.807) is 0 Å². The maximum Gasteiger partial charge on any atom is 0.0731 e. The second-order valence-electron chi connectivity index (χ2n) is 4.43. The van der Waals surface area contributed by atoms with Gasteiger partial charge in [-0.2, -0.15) is 5.10 Å². The van der Waals surface area contributed by atoms with Crippen LogP contribution in [0, 0.1) is 0 Å². The van der Waals surface area contributed by atoms with E-state index in [1.807, 2.05) is 47.2 Å². The summed E-state index contributed by atoms with van der Waals surface area (Å²) in [5.74, 6) is 0. The highest BCUT2D eigenvalue weighted by atomic mass is 32.2. The molecule has 0 amide bonds. The summed E-state index contributed by atoms with van der Waals surface area (Å²) in [5, 5.41) is 10.6. The van der Waals surface area contributed by atoms with E-state index in [-0.39, 0.29) is 0 Å². The summed E-state index contributed by atoms with van der Waals surface area (Å²) in [6.45, 7) is 2.30. The molecule has 1 unspecified atom stereocenters. The van der Waals surface area contributed by atoms with Gasteiger partial charge in [-0.3, -0.25) is 4.68 Å². The van der Waals surface area contributed by atoms with Gasteiger partial charge in [0.2, 0.25) is 0 Å². The minimum Gasteiger partial charge on any atom is -0.376 e. The van der Waals surface area contributed by atoms with Crippen LogP contribution in [0.3, 0.4) is 0 Å². The smallest absolute Gasteiger partial charge is 0.0731 e. The van der Waals surface area contributed by atoms with Crippen molar-refractivity contribution in [1.29, 1.82) is 0 Å². The minimum atomic E-state index is 0.427. The van der Waals surface area contributed by atoms with E-state index in [4.69, 9.17) is 0 Å². The molecule has 0 saturated carbocycles. The fourth-order valence-electron chi connectivity index (χ4n) is 2.18. The van der Waals surface area contributed by atoms with Gasteiger partial charge < -0.3 is 5.32 Å². The molecule has 2 aromatic rings. The zero-order valence-corrected chi connectivity index (χ0v) is 11.5. The molecule has 0 aromatic carbocycles. The third kappa shape index (κ3) is 2.21. The van der Waals surface area contributed by atoms with Crippen LogP contribution in [0.1, 0.15) is 24.9 Å². The molecule has 3 rings (SSSR count). The molecule has 2 atom stereocenters. The van der Waals surface area contributed by atoms with E-state index < -0.39 is 0 Å². The van der Waals surface area contributed by atoms with Crippen molar-refractivity contribution in [3.8, 4) is 0 Å². The molecule has 0 fully saturated rings. The first-order valence-electron chi connectivity index (χ1n) is 5.71. The number of anilines is 1. The largest absolute Gasteiger partial charge is 0.376 e. The molecule has 90 valence electrons. The third-order valence-corrected chi connectivity index (χ3v) is 5.30. The summed E-state index contributed by atoms with van der Waals surface area (Å²) in [6, 6.07) is 2.67. The Morgan fingerprint density at radius 1 is 1.53 bits per heavy atom. The molecule has 0 radical (unpaired) electrons. The number of nitrogens with zero attached hydrogens (tertiary/aromatic N) is 2. The second-order valence-corrected chi connectivity index (χ2v) is 7.05. The van der Waals surface area contributed by atoms with Crippen molar-refractivity contribution in [1.82, 2.24) is 9.78 Å². The van der Waals surface area contributed by atoms with Gasteiger partial charge in [-0.05, 0) is 23.4 Å². The molecule has 3 heterocycles. The Bertz CT molecular complexity index is 517. The number of rotatable bonds is 2. The quantitative estimate of drug-likeness (QED) is 0.901. The topological polar surface area (TPSA) is 29.9 Å². The van der Waals surface area contributed by atoms with Crippen molar-refractivity contribution in [2.24, 2.45) is 7.05 Å². The Labute approximate surface area is 109 Å². The molecule has 0 aliphatic carbocycles. The van der Waals surface area contributed by atoms with Crippen molar-refractivity contribution in [2.75, 3.05) is 5.32 Å². The minimum absolute atomic E-state index is 0.427. The number of thiophene rings is 1. The number of aryl methyl sites for hydroxylation is 1. The van der Waals surface area contributed by atoms with Gasteiger partial charge in [0.25, 0.3) is 0 Å². The molecule has 17 heavy (non-hydrogen) atoms. The van der Waals surface area contributed by atoms with Gasteiger partial charge >= 0.3 is 0 Å². The molecule has 3 nitrogen and oxygen atoms in total. The van der Waals surface area contributed by atoms with Crippen molar-refractivity contribution in [3.05, 3.63) is 29.4 Å². The second kappa shape index (κ2) is 4.38. The highest BCUT2D eigenvalue weighted by molar-refractivity contribution is 8.01. The van der Waals surface area contributed by atoms with Crippen LogP contribution < -0.4 is 5.32 Å². The summed E-state index contributed by atoms with van der Waals surface area (Å²) in [4.78, 5) is 0. The van der Waals surface area contributed by atoms with Gasteiger partial charge in [0, 0.05) is 18.5 Å². The summed E-state index contributed by atoms with van der Waals surface area (Å²) in [6.07, 6.45) is 5.08. The Morgan fingerprint density at radius 2 is 2.41 bits per heavy atom. The number of fused-ring (bicyclic) bond motifs is 1. The molecule has 1 aliphatic rings. The Kier molecular flexibility index (Phi) is 2.88. The Morgan fingerprint density at radius 3 is 3.18 bits per heavy atom. The maximum absolute atomic E-state index is 4.20. The van der Waals surface area contributed by atoms with Crippen LogP contribution in [0.25, 0.3) is 0 Å². The molecule has 0 bridgehead atoms. The van der Waals surface area contributed by atoms with Gasteiger partial charge in [-0.15, -0.1) is 23.1 Å². The molecule has 0 saturated heterocycles. The predicted octanol–water partition coefficient (Wildman–Crippen LogP) is 3.52. The fourth-order valence-corrected chi connectivity index (χ4v) is 4.75. The zero-order valence-electron chi connectivity index (χ0n) is 9.88. The first-order valence-corrected chi connectivity index (χ1v) is 7.47. The van der Waals surface area contributed by atoms with E-state index in [0.717, 1.165) is 5.69 Å². The van der Waals surface area contributed by atoms with Gasteiger partial charge in [0.1, 0.15) is 0 Å². The molecule has 1 aliphatic heterocycles. The standard InChI is InChI=1S/C12H15N3S2/c1-8-5-11(10-3-4-16-12(10)17-8)14-9-6-13-15(2)7-9/h3-4,6-8,11,14H,5H2,1-2H3/t8-,11?/m0/s1. The van der Waals surface area contributed by atoms with Crippen LogP contribution >= 0.6 is 23.1 Å². The molecule has 1 N–H and O–H groups in total. The number of hydrogen-bond acceptors (Lipinski definition) is 4. The van der Waals surface area contributed by atoms with Crippen LogP contribution in [-0.2, 0) is 7.05 Å². The first kappa shape index (κ1) is 11.2. The molecule has 0 spiro atoms. The van der Waals surface area contributed by atoms with Crippen LogP contribution in [0.15, 0.2) is 28.0 Å². The van der Waals surface area contributed by atoms with E-state index in [9.17, 15) is 0 Å². The summed E-state index contributed by atoms with van der Waals surface area (Å²) < 4.78 is 3.29. The number of hydrogen-bond donors (Lipinski definition) is 1. The van der Waals surface area contributed by atoms with Crippen LogP contribution in [0.2, 0.25) is 0 Å². The maximum atomic E-state index is 4.20. The predicted molar refractivity (Wildman–Crippen MR) is 73.8 cm³/mol. The van der Waals surface area contributed by atoms with Gasteiger partial charge in [0.15, 0.2) is 0 Å². The van der Waals surface area contributed by atoms with Crippen molar-refractivity contribution >= 4 is 28.8 Å². The average molecular weight is 265 g/mol. The van der Waals surface area contributed by atoms with Gasteiger partial charge in [-0.25, -0.2) is 0 Å². The van der Waals surface area contributed by atoms with E-state index in [0.29, 0.717) is 11.3 Å². The normalized spacial score (nSPS) is 23.4. The zero-order chi connectivity index (χ0) is 11.8. The van der Waals surface area contributed by atoms with E-state index in [2.05, 4.69) is 28.8 Å². The van der Waals surface area contributed by atoms with Gasteiger partial charge in [0.05, 0.1) is 22.1 Å². The molecule has 5 heteroatoms. The fraction of sp³-hybridized carbons (Fsp3) is 0.417. The average Bonchev–Trinajstić information content (AvgIpc) is 2.87. The van der Waals surface area contributed by atoms with Crippen molar-refractivity contribution in [3.63, 3.8) is 0 Å². The molecular weight excluding hydrogens is 250 g/mol. The lowest BCUT2D eigenvalue weighted by Crippen LogP contribution is -2.18. The Balaban J connectivity index is 1.84. The summed E-state index contributed by atoms with van der Waals surface area (Å²) in [5.41, 5.74) is 2.55. The molecule has 2 aromatic heterocycles. The highest BCUT2D eigenvalue weighted by Gasteiger charge is 2.26. The lowest BCUT2D eigenvalue weighted by atomic mass is 10.0. The third-order valence-electron chi connectivity index (χ3n) is 2.96. The van der Waals surface area contributed by atoms with Gasteiger partial charge in [-0.1, -0.05) is 6.92 Å². The van der Waals surface area contributed by atoms with Crippen molar-refractivity contribution in [2.45, 2.75) is 28.8 Å². The number of nitrogens with one attached hydrogen (secondary N) is 1. The summed E-state index contributed by atoms with van der Waals surface area (Å²) in [7, 11) is 1.94. The lowest BCUT2D eigenvalue weighted by Gasteiger charge is -2.27. The number of aromatic nitrogens is 2. The number of thioether (sulfide) groups is 1. The van der Waals surface area contributed by atoms with Crippen LogP contribution in [0.5, 0.6) is 0 Å². The Hall–Kier alpha value is -0.940. The summed E-state index contributed by atoms with van der Waals surface area (Å²) >= 11 is 3.85. The molecular formula is C12H15N3S2.